The number of rotatable bonds is 2. The molecule has 6 heteroatoms. The number of benzene rings is 2. The molecule has 2 aromatic carbocycles. The summed E-state index contributed by atoms with van der Waals surface area (Å²) in [7, 11) is 0. The molecule has 0 bridgehead atoms. The fourth-order valence-corrected chi connectivity index (χ4v) is 2.99. The van der Waals surface area contributed by atoms with Crippen molar-refractivity contribution in [1.82, 2.24) is 5.16 Å². The first-order chi connectivity index (χ1) is 10.1. The molecular weight excluding hydrogens is 403 g/mol. The highest BCUT2D eigenvalue weighted by Gasteiger charge is 2.21. The lowest BCUT2D eigenvalue weighted by Crippen LogP contribution is -1.90. The van der Waals surface area contributed by atoms with E-state index in [4.69, 9.17) is 10.3 Å². The molecule has 0 aliphatic heterocycles. The molecule has 1 heterocycles. The molecule has 0 saturated heterocycles. The van der Waals surface area contributed by atoms with Crippen LogP contribution in [0.3, 0.4) is 0 Å². The zero-order valence-corrected chi connectivity index (χ0v) is 13.8. The van der Waals surface area contributed by atoms with Crippen molar-refractivity contribution in [2.45, 2.75) is 0 Å². The van der Waals surface area contributed by atoms with Gasteiger partial charge in [-0.3, -0.25) is 0 Å². The Balaban J connectivity index is 2.27. The number of halogens is 3. The molecule has 0 amide bonds. The third kappa shape index (κ3) is 2.61. The lowest BCUT2D eigenvalue weighted by Gasteiger charge is -2.06. The quantitative estimate of drug-likeness (QED) is 0.626. The summed E-state index contributed by atoms with van der Waals surface area (Å²) in [5.41, 5.74) is 7.96. The van der Waals surface area contributed by atoms with E-state index in [1.165, 1.54) is 12.1 Å². The molecule has 0 spiro atoms. The molecule has 3 nitrogen and oxygen atoms in total. The summed E-state index contributed by atoms with van der Waals surface area (Å²) in [4.78, 5) is 0. The SMILES string of the molecule is Nc1noc(-c2cc(F)ccc2Br)c1-c1ccccc1Br. The van der Waals surface area contributed by atoms with E-state index >= 15 is 0 Å². The van der Waals surface area contributed by atoms with Crippen LogP contribution in [0.2, 0.25) is 0 Å². The average Bonchev–Trinajstić information content (AvgIpc) is 2.84. The smallest absolute Gasteiger partial charge is 0.178 e. The van der Waals surface area contributed by atoms with Crippen molar-refractivity contribution in [3.63, 3.8) is 0 Å². The van der Waals surface area contributed by atoms with Crippen LogP contribution in [-0.2, 0) is 0 Å². The van der Waals surface area contributed by atoms with E-state index in [0.29, 0.717) is 21.4 Å². The van der Waals surface area contributed by atoms with E-state index in [-0.39, 0.29) is 11.6 Å². The summed E-state index contributed by atoms with van der Waals surface area (Å²) < 4.78 is 20.4. The maximum Gasteiger partial charge on any atom is 0.178 e. The minimum absolute atomic E-state index is 0.257. The first kappa shape index (κ1) is 14.3. The van der Waals surface area contributed by atoms with E-state index in [1.54, 1.807) is 6.07 Å². The van der Waals surface area contributed by atoms with Crippen LogP contribution in [0.25, 0.3) is 22.5 Å². The van der Waals surface area contributed by atoms with Crippen molar-refractivity contribution < 1.29 is 8.91 Å². The van der Waals surface area contributed by atoms with Gasteiger partial charge in [0.05, 0.1) is 5.56 Å². The normalized spacial score (nSPS) is 10.8. The Kier molecular flexibility index (Phi) is 3.82. The molecule has 0 radical (unpaired) electrons. The topological polar surface area (TPSA) is 52.0 Å². The highest BCUT2D eigenvalue weighted by Crippen LogP contribution is 2.42. The van der Waals surface area contributed by atoms with Crippen LogP contribution >= 0.6 is 31.9 Å². The fourth-order valence-electron chi connectivity index (χ4n) is 2.08. The average molecular weight is 412 g/mol. The Morgan fingerprint density at radius 2 is 1.71 bits per heavy atom. The number of hydrogen-bond donors (Lipinski definition) is 1. The molecular formula is C15H9Br2FN2O. The van der Waals surface area contributed by atoms with Gasteiger partial charge in [0.2, 0.25) is 0 Å². The van der Waals surface area contributed by atoms with Crippen LogP contribution < -0.4 is 5.73 Å². The van der Waals surface area contributed by atoms with Crippen molar-refractivity contribution in [1.29, 1.82) is 0 Å². The van der Waals surface area contributed by atoms with Crippen LogP contribution in [0.5, 0.6) is 0 Å². The Hall–Kier alpha value is -1.66. The lowest BCUT2D eigenvalue weighted by molar-refractivity contribution is 0.435. The van der Waals surface area contributed by atoms with Gasteiger partial charge in [-0.2, -0.15) is 0 Å². The van der Waals surface area contributed by atoms with E-state index in [2.05, 4.69) is 37.0 Å². The van der Waals surface area contributed by atoms with Crippen molar-refractivity contribution in [3.8, 4) is 22.5 Å². The Bertz CT molecular complexity index is 817. The number of nitrogens with two attached hydrogens (primary N) is 1. The second kappa shape index (κ2) is 5.61. The van der Waals surface area contributed by atoms with Gasteiger partial charge in [0.15, 0.2) is 11.6 Å². The molecule has 106 valence electrons. The molecule has 3 rings (SSSR count). The van der Waals surface area contributed by atoms with Crippen LogP contribution in [-0.4, -0.2) is 5.16 Å². The Morgan fingerprint density at radius 1 is 1.00 bits per heavy atom. The van der Waals surface area contributed by atoms with Crippen LogP contribution in [0.15, 0.2) is 55.9 Å². The number of aromatic nitrogens is 1. The van der Waals surface area contributed by atoms with E-state index in [0.717, 1.165) is 10.0 Å². The summed E-state index contributed by atoms with van der Waals surface area (Å²) in [5.74, 6) is 0.320. The van der Waals surface area contributed by atoms with Gasteiger partial charge in [0.25, 0.3) is 0 Å². The largest absolute Gasteiger partial charge is 0.380 e. The van der Waals surface area contributed by atoms with Gasteiger partial charge >= 0.3 is 0 Å². The third-order valence-corrected chi connectivity index (χ3v) is 4.42. The van der Waals surface area contributed by atoms with Gasteiger partial charge in [-0.05, 0) is 24.3 Å². The Morgan fingerprint density at radius 3 is 2.48 bits per heavy atom. The predicted octanol–water partition coefficient (Wildman–Crippen LogP) is 5.25. The highest BCUT2D eigenvalue weighted by atomic mass is 79.9. The molecule has 1 aromatic heterocycles. The predicted molar refractivity (Wildman–Crippen MR) is 87.1 cm³/mol. The molecule has 0 atom stereocenters. The summed E-state index contributed by atoms with van der Waals surface area (Å²) in [5, 5.41) is 3.82. The number of anilines is 1. The second-order valence-electron chi connectivity index (χ2n) is 4.38. The standard InChI is InChI=1S/C15H9Br2FN2O/c16-11-4-2-1-3-9(11)13-14(21-20-15(13)19)10-7-8(18)5-6-12(10)17/h1-7H,(H2,19,20). The minimum Gasteiger partial charge on any atom is -0.380 e. The third-order valence-electron chi connectivity index (χ3n) is 3.03. The molecule has 0 unspecified atom stereocenters. The number of hydrogen-bond acceptors (Lipinski definition) is 3. The van der Waals surface area contributed by atoms with Crippen LogP contribution in [0, 0.1) is 5.82 Å². The van der Waals surface area contributed by atoms with Gasteiger partial charge in [-0.1, -0.05) is 55.2 Å². The van der Waals surface area contributed by atoms with Gasteiger partial charge in [0, 0.05) is 20.1 Å². The lowest BCUT2D eigenvalue weighted by atomic mass is 10.0. The van der Waals surface area contributed by atoms with Gasteiger partial charge in [0.1, 0.15) is 5.82 Å². The molecule has 0 saturated carbocycles. The monoisotopic (exact) mass is 410 g/mol. The summed E-state index contributed by atoms with van der Waals surface area (Å²) >= 11 is 6.88. The number of nitrogen functional groups attached to an aromatic ring is 1. The van der Waals surface area contributed by atoms with E-state index in [1.807, 2.05) is 24.3 Å². The molecule has 2 N–H and O–H groups in total. The van der Waals surface area contributed by atoms with E-state index in [9.17, 15) is 4.39 Å². The van der Waals surface area contributed by atoms with Crippen molar-refractivity contribution in [2.75, 3.05) is 5.73 Å². The summed E-state index contributed by atoms with van der Waals surface area (Å²) in [6.07, 6.45) is 0. The first-order valence-electron chi connectivity index (χ1n) is 6.03. The highest BCUT2D eigenvalue weighted by molar-refractivity contribution is 9.11. The van der Waals surface area contributed by atoms with Crippen molar-refractivity contribution in [2.24, 2.45) is 0 Å². The van der Waals surface area contributed by atoms with Crippen LogP contribution in [0.4, 0.5) is 10.2 Å². The molecule has 0 aliphatic carbocycles. The van der Waals surface area contributed by atoms with E-state index < -0.39 is 0 Å². The van der Waals surface area contributed by atoms with Gasteiger partial charge in [-0.25, -0.2) is 4.39 Å². The minimum atomic E-state index is -0.360. The van der Waals surface area contributed by atoms with Crippen LogP contribution in [0.1, 0.15) is 0 Å². The van der Waals surface area contributed by atoms with Gasteiger partial charge in [-0.15, -0.1) is 0 Å². The summed E-state index contributed by atoms with van der Waals surface area (Å²) in [6.45, 7) is 0. The zero-order chi connectivity index (χ0) is 15.0. The van der Waals surface area contributed by atoms with Crippen molar-refractivity contribution >= 4 is 37.7 Å². The molecule has 0 aliphatic rings. The van der Waals surface area contributed by atoms with Gasteiger partial charge < -0.3 is 10.3 Å². The molecule has 3 aromatic rings. The zero-order valence-electron chi connectivity index (χ0n) is 10.6. The molecule has 21 heavy (non-hydrogen) atoms. The fraction of sp³-hybridized carbons (Fsp3) is 0. The maximum absolute atomic E-state index is 13.5. The summed E-state index contributed by atoms with van der Waals surface area (Å²) in [6, 6.07) is 11.9. The van der Waals surface area contributed by atoms with Crippen molar-refractivity contribution in [3.05, 3.63) is 57.2 Å². The maximum atomic E-state index is 13.5. The Labute approximate surface area is 137 Å². The second-order valence-corrected chi connectivity index (χ2v) is 6.08. The first-order valence-corrected chi connectivity index (χ1v) is 7.62. The number of nitrogens with zero attached hydrogens (tertiary/aromatic N) is 1. The molecule has 0 fully saturated rings.